The Kier molecular flexibility index (Phi) is 3.97. The summed E-state index contributed by atoms with van der Waals surface area (Å²) in [5.74, 6) is -1.40. The lowest BCUT2D eigenvalue weighted by atomic mass is 10.4. The maximum Gasteiger partial charge on any atom is 0.356 e. The number of hydrogen-bond acceptors (Lipinski definition) is 6. The molecule has 16 heavy (non-hydrogen) atoms. The molecule has 0 aliphatic heterocycles. The zero-order valence-corrected chi connectivity index (χ0v) is 9.88. The first-order chi connectivity index (χ1) is 7.34. The monoisotopic (exact) mass is 266 g/mol. The van der Waals surface area contributed by atoms with Crippen LogP contribution < -0.4 is 4.72 Å². The van der Waals surface area contributed by atoms with Crippen molar-refractivity contribution in [2.45, 2.75) is 17.2 Å². The molecule has 0 amide bonds. The molecule has 7 nitrogen and oxygen atoms in total. The average Bonchev–Trinajstić information content (AvgIpc) is 2.63. The van der Waals surface area contributed by atoms with E-state index in [0.717, 1.165) is 5.51 Å². The van der Waals surface area contributed by atoms with Crippen molar-refractivity contribution < 1.29 is 23.4 Å². The van der Waals surface area contributed by atoms with Crippen molar-refractivity contribution in [3.8, 4) is 0 Å². The predicted octanol–water partition coefficient (Wildman–Crippen LogP) is -0.500. The minimum atomic E-state index is -3.92. The maximum absolute atomic E-state index is 11.6. The third kappa shape index (κ3) is 2.98. The summed E-state index contributed by atoms with van der Waals surface area (Å²) in [6, 6.07) is 0. The molecule has 0 aliphatic rings. The van der Waals surface area contributed by atoms with Crippen LogP contribution in [-0.2, 0) is 10.0 Å². The Hall–Kier alpha value is -1.03. The molecule has 0 saturated carbocycles. The SMILES string of the molecule is C[C@@H](O)CNS(=O)(=O)c1scnc1C(=O)O. The minimum Gasteiger partial charge on any atom is -0.476 e. The van der Waals surface area contributed by atoms with Crippen LogP contribution in [0.1, 0.15) is 17.4 Å². The van der Waals surface area contributed by atoms with E-state index in [4.69, 9.17) is 10.2 Å². The molecule has 0 aliphatic carbocycles. The summed E-state index contributed by atoms with van der Waals surface area (Å²) >= 11 is 0.712. The van der Waals surface area contributed by atoms with E-state index in [1.165, 1.54) is 6.92 Å². The first kappa shape index (κ1) is 13.0. The highest BCUT2D eigenvalue weighted by molar-refractivity contribution is 7.91. The largest absolute Gasteiger partial charge is 0.476 e. The van der Waals surface area contributed by atoms with Crippen molar-refractivity contribution >= 4 is 27.3 Å². The van der Waals surface area contributed by atoms with E-state index in [2.05, 4.69) is 9.71 Å². The van der Waals surface area contributed by atoms with E-state index >= 15 is 0 Å². The fraction of sp³-hybridized carbons (Fsp3) is 0.429. The Bertz CT molecular complexity index is 479. The lowest BCUT2D eigenvalue weighted by molar-refractivity contribution is 0.0687. The van der Waals surface area contributed by atoms with Crippen LogP contribution in [0.3, 0.4) is 0 Å². The molecule has 0 radical (unpaired) electrons. The van der Waals surface area contributed by atoms with Crippen LogP contribution in [0, 0.1) is 0 Å². The van der Waals surface area contributed by atoms with Crippen LogP contribution in [0.4, 0.5) is 0 Å². The molecule has 0 unspecified atom stereocenters. The van der Waals surface area contributed by atoms with Gasteiger partial charge in [0.05, 0.1) is 11.6 Å². The van der Waals surface area contributed by atoms with E-state index in [1.807, 2.05) is 0 Å². The number of aliphatic hydroxyl groups excluding tert-OH is 1. The number of thiazole rings is 1. The van der Waals surface area contributed by atoms with Gasteiger partial charge in [0.15, 0.2) is 9.90 Å². The third-order valence-corrected chi connectivity index (χ3v) is 4.34. The van der Waals surface area contributed by atoms with E-state index in [9.17, 15) is 13.2 Å². The smallest absolute Gasteiger partial charge is 0.356 e. The second-order valence-corrected chi connectivity index (χ2v) is 5.81. The highest BCUT2D eigenvalue weighted by Gasteiger charge is 2.25. The highest BCUT2D eigenvalue weighted by atomic mass is 32.2. The first-order valence-corrected chi connectivity index (χ1v) is 6.55. The topological polar surface area (TPSA) is 117 Å². The number of carboxylic acids is 1. The van der Waals surface area contributed by atoms with Gasteiger partial charge in [-0.15, -0.1) is 11.3 Å². The van der Waals surface area contributed by atoms with Gasteiger partial charge in [-0.25, -0.2) is 22.9 Å². The Labute approximate surface area is 95.8 Å². The predicted molar refractivity (Wildman–Crippen MR) is 55.9 cm³/mol. The van der Waals surface area contributed by atoms with Crippen LogP contribution in [0.2, 0.25) is 0 Å². The molecule has 90 valence electrons. The van der Waals surface area contributed by atoms with Gasteiger partial charge in [-0.05, 0) is 6.92 Å². The van der Waals surface area contributed by atoms with Gasteiger partial charge < -0.3 is 10.2 Å². The van der Waals surface area contributed by atoms with Gasteiger partial charge in [-0.2, -0.15) is 0 Å². The maximum atomic E-state index is 11.6. The normalized spacial score (nSPS) is 13.6. The van der Waals surface area contributed by atoms with E-state index in [0.29, 0.717) is 11.3 Å². The van der Waals surface area contributed by atoms with Crippen LogP contribution in [0.15, 0.2) is 9.72 Å². The van der Waals surface area contributed by atoms with Crippen molar-refractivity contribution in [2.24, 2.45) is 0 Å². The molecule has 0 spiro atoms. The lowest BCUT2D eigenvalue weighted by Crippen LogP contribution is -2.31. The van der Waals surface area contributed by atoms with Gasteiger partial charge in [0.1, 0.15) is 0 Å². The molecule has 1 rings (SSSR count). The van der Waals surface area contributed by atoms with Gasteiger partial charge >= 0.3 is 5.97 Å². The molecule has 1 heterocycles. The standard InChI is InChI=1S/C7H10N2O5S2/c1-4(10)2-9-16(13,14)7-5(6(11)12)8-3-15-7/h3-4,9-10H,2H2,1H3,(H,11,12)/t4-/m1/s1. The molecule has 0 aromatic carbocycles. The van der Waals surface area contributed by atoms with Crippen LogP contribution in [-0.4, -0.2) is 42.2 Å². The Morgan fingerprint density at radius 2 is 2.31 bits per heavy atom. The Morgan fingerprint density at radius 1 is 1.69 bits per heavy atom. The summed E-state index contributed by atoms with van der Waals surface area (Å²) in [7, 11) is -3.92. The van der Waals surface area contributed by atoms with Crippen LogP contribution in [0.5, 0.6) is 0 Å². The van der Waals surface area contributed by atoms with Crippen molar-refractivity contribution in [2.75, 3.05) is 6.54 Å². The summed E-state index contributed by atoms with van der Waals surface area (Å²) in [6.07, 6.45) is -0.851. The first-order valence-electron chi connectivity index (χ1n) is 4.19. The average molecular weight is 266 g/mol. The van der Waals surface area contributed by atoms with Gasteiger partial charge in [0.25, 0.3) is 10.0 Å². The van der Waals surface area contributed by atoms with Crippen molar-refractivity contribution in [1.82, 2.24) is 9.71 Å². The van der Waals surface area contributed by atoms with Crippen LogP contribution in [0.25, 0.3) is 0 Å². The van der Waals surface area contributed by atoms with Crippen molar-refractivity contribution in [3.05, 3.63) is 11.2 Å². The Morgan fingerprint density at radius 3 is 2.81 bits per heavy atom. The van der Waals surface area contributed by atoms with Gasteiger partial charge in [-0.1, -0.05) is 0 Å². The fourth-order valence-corrected chi connectivity index (χ4v) is 3.17. The molecule has 3 N–H and O–H groups in total. The number of carbonyl (C=O) groups is 1. The molecular weight excluding hydrogens is 256 g/mol. The molecule has 9 heteroatoms. The molecule has 1 aromatic rings. The molecule has 0 bridgehead atoms. The second kappa shape index (κ2) is 4.87. The minimum absolute atomic E-state index is 0.181. The molecule has 1 atom stereocenters. The van der Waals surface area contributed by atoms with Crippen molar-refractivity contribution in [1.29, 1.82) is 0 Å². The number of hydrogen-bond donors (Lipinski definition) is 3. The van der Waals surface area contributed by atoms with E-state index < -0.39 is 27.8 Å². The van der Waals surface area contributed by atoms with Gasteiger partial charge in [0, 0.05) is 6.54 Å². The number of aromatic carboxylic acids is 1. The summed E-state index contributed by atoms with van der Waals surface area (Å²) in [5, 5.41) is 17.6. The van der Waals surface area contributed by atoms with E-state index in [1.54, 1.807) is 0 Å². The zero-order valence-electron chi connectivity index (χ0n) is 8.24. The second-order valence-electron chi connectivity index (χ2n) is 2.99. The number of carboxylic acid groups (broad SMARTS) is 1. The summed E-state index contributed by atoms with van der Waals surface area (Å²) in [5.41, 5.74) is 0.628. The zero-order chi connectivity index (χ0) is 12.3. The summed E-state index contributed by atoms with van der Waals surface area (Å²) < 4.78 is 24.9. The lowest BCUT2D eigenvalue weighted by Gasteiger charge is -2.06. The summed E-state index contributed by atoms with van der Waals surface area (Å²) in [4.78, 5) is 14.1. The molecule has 0 saturated heterocycles. The number of nitrogens with zero attached hydrogens (tertiary/aromatic N) is 1. The number of rotatable bonds is 5. The van der Waals surface area contributed by atoms with Crippen LogP contribution >= 0.6 is 11.3 Å². The number of nitrogens with one attached hydrogen (secondary N) is 1. The molecule has 0 fully saturated rings. The van der Waals surface area contributed by atoms with Gasteiger partial charge in [-0.3, -0.25) is 0 Å². The Balaban J connectivity index is 2.99. The number of aliphatic hydroxyl groups is 1. The summed E-state index contributed by atoms with van der Waals surface area (Å²) in [6.45, 7) is 1.23. The third-order valence-electron chi connectivity index (χ3n) is 1.55. The fourth-order valence-electron chi connectivity index (χ4n) is 0.864. The molecular formula is C7H10N2O5S2. The quantitative estimate of drug-likeness (QED) is 0.661. The number of sulfonamides is 1. The van der Waals surface area contributed by atoms with Gasteiger partial charge in [0.2, 0.25) is 0 Å². The van der Waals surface area contributed by atoms with Crippen molar-refractivity contribution in [3.63, 3.8) is 0 Å². The van der Waals surface area contributed by atoms with E-state index in [-0.39, 0.29) is 10.8 Å². The highest BCUT2D eigenvalue weighted by Crippen LogP contribution is 2.19. The number of aromatic nitrogens is 1. The molecule has 1 aromatic heterocycles.